The fourth-order valence-electron chi connectivity index (χ4n) is 3.01. The third kappa shape index (κ3) is 5.12. The molecule has 0 unspecified atom stereocenters. The normalized spacial score (nSPS) is 14.7. The van der Waals surface area contributed by atoms with Crippen molar-refractivity contribution in [3.63, 3.8) is 0 Å². The highest BCUT2D eigenvalue weighted by Gasteiger charge is 2.29. The number of rotatable bonds is 7. The lowest BCUT2D eigenvalue weighted by Crippen LogP contribution is -2.49. The first kappa shape index (κ1) is 22.9. The van der Waals surface area contributed by atoms with E-state index in [1.165, 1.54) is 35.6 Å². The molecule has 0 spiro atoms. The van der Waals surface area contributed by atoms with Crippen LogP contribution in [0.25, 0.3) is 0 Å². The Kier molecular flexibility index (Phi) is 7.08. The zero-order valence-electron chi connectivity index (χ0n) is 17.1. The summed E-state index contributed by atoms with van der Waals surface area (Å²) in [5, 5.41) is 5.62. The van der Waals surface area contributed by atoms with E-state index in [4.69, 9.17) is 4.74 Å². The van der Waals surface area contributed by atoms with Gasteiger partial charge in [0.1, 0.15) is 5.00 Å². The largest absolute Gasteiger partial charge is 0.462 e. The summed E-state index contributed by atoms with van der Waals surface area (Å²) in [6.45, 7) is 3.95. The standard InChI is InChI=1S/C20H23N3O6S2/c1-3-14-11-16(20(26)29-4-2)19(30-14)22-18(25)13-6-5-7-15(10-13)31(27,28)23-9-8-21-17(24)12-23/h5-7,10-11H,3-4,8-9,12H2,1-2H3,(H,21,24)(H,22,25). The van der Waals surface area contributed by atoms with Crippen LogP contribution in [0.15, 0.2) is 35.2 Å². The number of carbonyl (C=O) groups is 3. The van der Waals surface area contributed by atoms with Crippen LogP contribution < -0.4 is 10.6 Å². The number of carbonyl (C=O) groups excluding carboxylic acids is 3. The molecule has 31 heavy (non-hydrogen) atoms. The van der Waals surface area contributed by atoms with E-state index < -0.39 is 21.9 Å². The van der Waals surface area contributed by atoms with Gasteiger partial charge >= 0.3 is 5.97 Å². The highest BCUT2D eigenvalue weighted by atomic mass is 32.2. The van der Waals surface area contributed by atoms with Gasteiger partial charge in [-0.1, -0.05) is 13.0 Å². The van der Waals surface area contributed by atoms with Crippen molar-refractivity contribution >= 4 is 44.1 Å². The molecule has 1 aromatic carbocycles. The molecule has 3 rings (SSSR count). The lowest BCUT2D eigenvalue weighted by atomic mass is 10.2. The predicted molar refractivity (Wildman–Crippen MR) is 116 cm³/mol. The second-order valence-corrected chi connectivity index (χ2v) is 9.77. The van der Waals surface area contributed by atoms with E-state index in [1.54, 1.807) is 13.0 Å². The first-order chi connectivity index (χ1) is 14.8. The Hall–Kier alpha value is -2.76. The van der Waals surface area contributed by atoms with Crippen molar-refractivity contribution in [3.05, 3.63) is 46.3 Å². The fraction of sp³-hybridized carbons (Fsp3) is 0.350. The minimum atomic E-state index is -3.93. The van der Waals surface area contributed by atoms with Crippen molar-refractivity contribution in [3.8, 4) is 0 Å². The van der Waals surface area contributed by atoms with E-state index in [0.29, 0.717) is 11.4 Å². The van der Waals surface area contributed by atoms with Crippen LogP contribution in [-0.2, 0) is 26.0 Å². The Morgan fingerprint density at radius 1 is 1.26 bits per heavy atom. The third-order valence-corrected chi connectivity index (χ3v) is 7.63. The average Bonchev–Trinajstić information content (AvgIpc) is 3.17. The number of piperazine rings is 1. The maximum atomic E-state index is 12.9. The number of amides is 2. The molecule has 2 heterocycles. The summed E-state index contributed by atoms with van der Waals surface area (Å²) in [5.74, 6) is -1.46. The molecule has 2 N–H and O–H groups in total. The number of anilines is 1. The Morgan fingerprint density at radius 3 is 2.71 bits per heavy atom. The number of hydrogen-bond donors (Lipinski definition) is 2. The SMILES string of the molecule is CCOC(=O)c1cc(CC)sc1NC(=O)c1cccc(S(=O)(=O)N2CCNC(=O)C2)c1. The molecule has 1 saturated heterocycles. The lowest BCUT2D eigenvalue weighted by Gasteiger charge is -2.26. The van der Waals surface area contributed by atoms with Crippen molar-refractivity contribution < 1.29 is 27.5 Å². The number of sulfonamides is 1. The van der Waals surface area contributed by atoms with E-state index >= 15 is 0 Å². The maximum absolute atomic E-state index is 12.9. The topological polar surface area (TPSA) is 122 Å². The van der Waals surface area contributed by atoms with Crippen molar-refractivity contribution in [2.75, 3.05) is 31.6 Å². The summed E-state index contributed by atoms with van der Waals surface area (Å²) in [6.07, 6.45) is 0.685. The van der Waals surface area contributed by atoms with E-state index in [0.717, 1.165) is 9.18 Å². The summed E-state index contributed by atoms with van der Waals surface area (Å²) in [5.41, 5.74) is 0.379. The average molecular weight is 466 g/mol. The Balaban J connectivity index is 1.85. The second-order valence-electron chi connectivity index (χ2n) is 6.70. The number of esters is 1. The monoisotopic (exact) mass is 465 g/mol. The van der Waals surface area contributed by atoms with Gasteiger partial charge in [0, 0.05) is 23.5 Å². The van der Waals surface area contributed by atoms with Crippen LogP contribution in [0.2, 0.25) is 0 Å². The Morgan fingerprint density at radius 2 is 2.03 bits per heavy atom. The summed E-state index contributed by atoms with van der Waals surface area (Å²) < 4.78 is 31.9. The van der Waals surface area contributed by atoms with Crippen molar-refractivity contribution in [1.82, 2.24) is 9.62 Å². The van der Waals surface area contributed by atoms with E-state index in [-0.39, 0.29) is 48.2 Å². The number of ether oxygens (including phenoxy) is 1. The number of hydrogen-bond acceptors (Lipinski definition) is 7. The summed E-state index contributed by atoms with van der Waals surface area (Å²) in [4.78, 5) is 37.4. The zero-order valence-corrected chi connectivity index (χ0v) is 18.8. The summed E-state index contributed by atoms with van der Waals surface area (Å²) in [7, 11) is -3.93. The van der Waals surface area contributed by atoms with Gasteiger partial charge in [0.25, 0.3) is 5.91 Å². The molecular weight excluding hydrogens is 442 g/mol. The number of benzene rings is 1. The highest BCUT2D eigenvalue weighted by molar-refractivity contribution is 7.89. The van der Waals surface area contributed by atoms with Gasteiger partial charge in [0.2, 0.25) is 15.9 Å². The van der Waals surface area contributed by atoms with Gasteiger partial charge in [-0.25, -0.2) is 13.2 Å². The number of thiophene rings is 1. The minimum absolute atomic E-state index is 0.0825. The first-order valence-electron chi connectivity index (χ1n) is 9.74. The molecule has 2 aromatic rings. The van der Waals surface area contributed by atoms with E-state index in [2.05, 4.69) is 10.6 Å². The van der Waals surface area contributed by atoms with Crippen LogP contribution in [0.3, 0.4) is 0 Å². The van der Waals surface area contributed by atoms with Crippen LogP contribution in [0.4, 0.5) is 5.00 Å². The first-order valence-corrected chi connectivity index (χ1v) is 12.0. The second kappa shape index (κ2) is 9.58. The smallest absolute Gasteiger partial charge is 0.341 e. The maximum Gasteiger partial charge on any atom is 0.341 e. The molecule has 1 aromatic heterocycles. The number of aryl methyl sites for hydroxylation is 1. The molecule has 0 radical (unpaired) electrons. The third-order valence-electron chi connectivity index (χ3n) is 4.59. The molecule has 166 valence electrons. The van der Waals surface area contributed by atoms with Crippen molar-refractivity contribution in [1.29, 1.82) is 0 Å². The van der Waals surface area contributed by atoms with Gasteiger partial charge in [-0.15, -0.1) is 11.3 Å². The lowest BCUT2D eigenvalue weighted by molar-refractivity contribution is -0.122. The number of nitrogens with zero attached hydrogens (tertiary/aromatic N) is 1. The van der Waals surface area contributed by atoms with Crippen LogP contribution in [0.5, 0.6) is 0 Å². The molecule has 0 aliphatic carbocycles. The molecule has 11 heteroatoms. The van der Waals surface area contributed by atoms with Gasteiger partial charge in [-0.2, -0.15) is 4.31 Å². The van der Waals surface area contributed by atoms with Gasteiger partial charge in [0.15, 0.2) is 0 Å². The van der Waals surface area contributed by atoms with Crippen LogP contribution in [0.1, 0.15) is 39.4 Å². The minimum Gasteiger partial charge on any atom is -0.462 e. The summed E-state index contributed by atoms with van der Waals surface area (Å²) >= 11 is 1.27. The molecule has 9 nitrogen and oxygen atoms in total. The highest BCUT2D eigenvalue weighted by Crippen LogP contribution is 2.30. The summed E-state index contributed by atoms with van der Waals surface area (Å²) in [6, 6.07) is 7.26. The molecule has 0 bridgehead atoms. The van der Waals surface area contributed by atoms with E-state index in [9.17, 15) is 22.8 Å². The number of nitrogens with one attached hydrogen (secondary N) is 2. The van der Waals surface area contributed by atoms with Crippen LogP contribution in [0, 0.1) is 0 Å². The quantitative estimate of drug-likeness (QED) is 0.602. The van der Waals surface area contributed by atoms with Crippen molar-refractivity contribution in [2.45, 2.75) is 25.2 Å². The molecule has 1 fully saturated rings. The predicted octanol–water partition coefficient (Wildman–Crippen LogP) is 1.86. The van der Waals surface area contributed by atoms with Gasteiger partial charge in [-0.05, 0) is 37.6 Å². The zero-order chi connectivity index (χ0) is 22.6. The van der Waals surface area contributed by atoms with Gasteiger partial charge in [-0.3, -0.25) is 9.59 Å². The van der Waals surface area contributed by atoms with Crippen molar-refractivity contribution in [2.24, 2.45) is 0 Å². The molecule has 0 atom stereocenters. The van der Waals surface area contributed by atoms with E-state index in [1.807, 2.05) is 6.92 Å². The fourth-order valence-corrected chi connectivity index (χ4v) is 5.43. The van der Waals surface area contributed by atoms with Crippen LogP contribution >= 0.6 is 11.3 Å². The molecule has 1 aliphatic rings. The molecule has 2 amide bonds. The Labute approximate surface area is 184 Å². The molecule has 1 aliphatic heterocycles. The Bertz CT molecular complexity index is 1110. The molecular formula is C20H23N3O6S2. The molecule has 0 saturated carbocycles. The van der Waals surface area contributed by atoms with Crippen LogP contribution in [-0.4, -0.2) is 56.7 Å². The van der Waals surface area contributed by atoms with Gasteiger partial charge < -0.3 is 15.4 Å². The van der Waals surface area contributed by atoms with Gasteiger partial charge in [0.05, 0.1) is 23.6 Å².